The maximum atomic E-state index is 12.7. The zero-order chi connectivity index (χ0) is 23.8. The number of aromatic nitrogens is 1. The van der Waals surface area contributed by atoms with Gasteiger partial charge in [-0.3, -0.25) is 4.72 Å². The zero-order valence-corrected chi connectivity index (χ0v) is 19.7. The van der Waals surface area contributed by atoms with Crippen molar-refractivity contribution in [2.45, 2.75) is 21.7 Å². The molecule has 0 aliphatic rings. The third kappa shape index (κ3) is 5.87. The summed E-state index contributed by atoms with van der Waals surface area (Å²) in [5, 5.41) is 0.830. The molecular formula is C14H15ClF3N3O6S4. The highest BCUT2D eigenvalue weighted by Crippen LogP contribution is 2.31. The Morgan fingerprint density at radius 2 is 1.77 bits per heavy atom. The Hall–Kier alpha value is -1.46. The number of anilines is 1. The fraction of sp³-hybridized carbons (Fsp3) is 0.357. The molecule has 0 bridgehead atoms. The molecule has 1 aromatic carbocycles. The van der Waals surface area contributed by atoms with Crippen LogP contribution in [0.3, 0.4) is 0 Å². The van der Waals surface area contributed by atoms with Crippen molar-refractivity contribution < 1.29 is 38.4 Å². The minimum absolute atomic E-state index is 0.112. The highest BCUT2D eigenvalue weighted by atomic mass is 35.5. The molecule has 0 spiro atoms. The van der Waals surface area contributed by atoms with Gasteiger partial charge in [-0.2, -0.15) is 17.5 Å². The molecular weight excluding hydrogens is 527 g/mol. The van der Waals surface area contributed by atoms with Crippen LogP contribution in [0.1, 0.15) is 5.69 Å². The number of halogens is 4. The molecule has 174 valence electrons. The normalized spacial score (nSPS) is 13.5. The van der Waals surface area contributed by atoms with Crippen LogP contribution in [0.4, 0.5) is 18.3 Å². The lowest BCUT2D eigenvalue weighted by Gasteiger charge is -2.18. The smallest absolute Gasteiger partial charge is 0.255 e. The number of benzene rings is 1. The van der Waals surface area contributed by atoms with Gasteiger partial charge < -0.3 is 0 Å². The van der Waals surface area contributed by atoms with Crippen molar-refractivity contribution in [2.24, 2.45) is 0 Å². The zero-order valence-electron chi connectivity index (χ0n) is 15.7. The quantitative estimate of drug-likeness (QED) is 0.542. The van der Waals surface area contributed by atoms with E-state index in [2.05, 4.69) is 9.71 Å². The van der Waals surface area contributed by atoms with Crippen LogP contribution in [-0.2, 0) is 36.3 Å². The van der Waals surface area contributed by atoms with Gasteiger partial charge in [0.05, 0.1) is 10.7 Å². The topological polar surface area (TPSA) is 131 Å². The van der Waals surface area contributed by atoms with E-state index >= 15 is 0 Å². The molecule has 2 rings (SSSR count). The van der Waals surface area contributed by atoms with Crippen LogP contribution in [0.15, 0.2) is 33.4 Å². The number of rotatable bonds is 8. The average Bonchev–Trinajstić information content (AvgIpc) is 3.03. The van der Waals surface area contributed by atoms with Gasteiger partial charge in [0.15, 0.2) is 15.0 Å². The van der Waals surface area contributed by atoms with Crippen molar-refractivity contribution in [3.8, 4) is 0 Å². The van der Waals surface area contributed by atoms with Gasteiger partial charge >= 0.3 is 15.5 Å². The number of nitrogens with one attached hydrogen (secondary N) is 1. The van der Waals surface area contributed by atoms with E-state index in [0.29, 0.717) is 0 Å². The van der Waals surface area contributed by atoms with Crippen LogP contribution in [0.5, 0.6) is 0 Å². The molecule has 31 heavy (non-hydrogen) atoms. The maximum Gasteiger partial charge on any atom is 0.511 e. The maximum absolute atomic E-state index is 12.7. The first-order valence-electron chi connectivity index (χ1n) is 7.95. The third-order valence-electron chi connectivity index (χ3n) is 3.75. The van der Waals surface area contributed by atoms with E-state index in [-0.39, 0.29) is 26.6 Å². The highest BCUT2D eigenvalue weighted by molar-refractivity contribution is 7.95. The fourth-order valence-corrected chi connectivity index (χ4v) is 7.35. The summed E-state index contributed by atoms with van der Waals surface area (Å²) in [5.74, 6) is 0. The molecule has 0 atom stereocenters. The number of thiazole rings is 1. The minimum atomic E-state index is -5.50. The summed E-state index contributed by atoms with van der Waals surface area (Å²) in [7, 11) is -13.2. The second kappa shape index (κ2) is 8.82. The fourth-order valence-electron chi connectivity index (χ4n) is 2.27. The van der Waals surface area contributed by atoms with Crippen molar-refractivity contribution in [1.29, 1.82) is 0 Å². The molecule has 0 saturated heterocycles. The average molecular weight is 542 g/mol. The van der Waals surface area contributed by atoms with Crippen molar-refractivity contribution in [3.63, 3.8) is 0 Å². The minimum Gasteiger partial charge on any atom is -0.255 e. The Kier molecular flexibility index (Phi) is 7.34. The van der Waals surface area contributed by atoms with E-state index < -0.39 is 51.7 Å². The molecule has 0 saturated carbocycles. The Morgan fingerprint density at radius 3 is 2.32 bits per heavy atom. The van der Waals surface area contributed by atoms with Gasteiger partial charge in [-0.25, -0.2) is 30.2 Å². The first kappa shape index (κ1) is 25.8. The summed E-state index contributed by atoms with van der Waals surface area (Å²) >= 11 is 6.63. The van der Waals surface area contributed by atoms with E-state index in [0.717, 1.165) is 30.7 Å². The second-order valence-corrected chi connectivity index (χ2v) is 13.0. The van der Waals surface area contributed by atoms with E-state index in [9.17, 15) is 38.4 Å². The summed E-state index contributed by atoms with van der Waals surface area (Å²) in [6, 6.07) is 3.50. The van der Waals surface area contributed by atoms with Gasteiger partial charge in [-0.15, -0.1) is 11.3 Å². The highest BCUT2D eigenvalue weighted by Gasteiger charge is 2.48. The Morgan fingerprint density at radius 1 is 1.16 bits per heavy atom. The van der Waals surface area contributed by atoms with E-state index in [4.69, 9.17) is 11.6 Å². The molecule has 2 aromatic rings. The molecule has 0 amide bonds. The first-order chi connectivity index (χ1) is 14.0. The Balaban J connectivity index is 2.22. The number of hydrogen-bond acceptors (Lipinski definition) is 8. The molecule has 0 radical (unpaired) electrons. The predicted molar refractivity (Wildman–Crippen MR) is 109 cm³/mol. The summed E-state index contributed by atoms with van der Waals surface area (Å²) in [6.07, 6.45) is 0.565. The van der Waals surface area contributed by atoms with Gasteiger partial charge in [0, 0.05) is 31.6 Å². The van der Waals surface area contributed by atoms with Crippen LogP contribution < -0.4 is 4.72 Å². The third-order valence-corrected chi connectivity index (χ3v) is 9.39. The van der Waals surface area contributed by atoms with Gasteiger partial charge in [0.2, 0.25) is 0 Å². The van der Waals surface area contributed by atoms with Gasteiger partial charge in [-0.1, -0.05) is 17.7 Å². The monoisotopic (exact) mass is 541 g/mol. The lowest BCUT2D eigenvalue weighted by Crippen LogP contribution is -2.39. The molecule has 9 nitrogen and oxygen atoms in total. The van der Waals surface area contributed by atoms with E-state index in [1.807, 2.05) is 0 Å². The largest absolute Gasteiger partial charge is 0.511 e. The predicted octanol–water partition coefficient (Wildman–Crippen LogP) is 2.32. The van der Waals surface area contributed by atoms with Crippen LogP contribution in [-0.4, -0.2) is 59.9 Å². The van der Waals surface area contributed by atoms with Crippen molar-refractivity contribution in [3.05, 3.63) is 34.3 Å². The lowest BCUT2D eigenvalue weighted by molar-refractivity contribution is -0.0482. The van der Waals surface area contributed by atoms with Crippen LogP contribution >= 0.6 is 22.9 Å². The Labute approximate surface area is 185 Å². The molecule has 17 heteroatoms. The number of alkyl halides is 3. The summed E-state index contributed by atoms with van der Waals surface area (Å²) < 4.78 is 112. The van der Waals surface area contributed by atoms with Gasteiger partial charge in [-0.05, 0) is 12.1 Å². The molecule has 0 aliphatic heterocycles. The molecule has 1 aromatic heterocycles. The standard InChI is InChI=1S/C14H15ClF3N3O6S4/c1-21(31(26,27)14(16,17)18)7-6-9-8-28-13(19-9)20-30(24,25)11-5-3-4-10(15)12(11)29(2,22)23/h3-5,8H,6-7H2,1-2H3,(H,19,20). The Bertz CT molecular complexity index is 1290. The number of hydrogen-bond donors (Lipinski definition) is 1. The summed E-state index contributed by atoms with van der Waals surface area (Å²) in [5.41, 5.74) is -5.32. The number of likely N-dealkylation sites (N-methyl/N-ethyl adjacent to an activating group) is 1. The van der Waals surface area contributed by atoms with Crippen LogP contribution in [0.25, 0.3) is 0 Å². The van der Waals surface area contributed by atoms with Crippen LogP contribution in [0, 0.1) is 0 Å². The number of nitrogens with zero attached hydrogens (tertiary/aromatic N) is 2. The number of sulfonamides is 2. The van der Waals surface area contributed by atoms with E-state index in [1.165, 1.54) is 17.5 Å². The van der Waals surface area contributed by atoms with Crippen molar-refractivity contribution in [2.75, 3.05) is 24.6 Å². The van der Waals surface area contributed by atoms with Gasteiger partial charge in [0.1, 0.15) is 9.79 Å². The summed E-state index contributed by atoms with van der Waals surface area (Å²) in [6.45, 7) is -0.551. The van der Waals surface area contributed by atoms with Crippen LogP contribution in [0.2, 0.25) is 5.02 Å². The molecule has 0 aliphatic carbocycles. The molecule has 0 fully saturated rings. The summed E-state index contributed by atoms with van der Waals surface area (Å²) in [4.78, 5) is 2.70. The second-order valence-electron chi connectivity index (χ2n) is 6.11. The first-order valence-corrected chi connectivity index (χ1v) is 14.0. The van der Waals surface area contributed by atoms with Crippen molar-refractivity contribution in [1.82, 2.24) is 9.29 Å². The van der Waals surface area contributed by atoms with Gasteiger partial charge in [0.25, 0.3) is 10.0 Å². The SMILES string of the molecule is CN(CCc1csc(NS(=O)(=O)c2cccc(Cl)c2S(C)(=O)=O)n1)S(=O)(=O)C(F)(F)F. The van der Waals surface area contributed by atoms with Crippen molar-refractivity contribution >= 4 is 58.0 Å². The molecule has 1 N–H and O–H groups in total. The lowest BCUT2D eigenvalue weighted by atomic mass is 10.3. The number of sulfone groups is 1. The van der Waals surface area contributed by atoms with E-state index in [1.54, 1.807) is 0 Å². The molecule has 1 heterocycles. The molecule has 0 unspecified atom stereocenters.